The number of aliphatic carboxylic acids is 1. The second-order valence-corrected chi connectivity index (χ2v) is 4.40. The van der Waals surface area contributed by atoms with Crippen molar-refractivity contribution in [1.29, 1.82) is 0 Å². The van der Waals surface area contributed by atoms with E-state index >= 15 is 0 Å². The Morgan fingerprint density at radius 1 is 1.33 bits per heavy atom. The fourth-order valence-corrected chi connectivity index (χ4v) is 1.59. The van der Waals surface area contributed by atoms with Crippen molar-refractivity contribution in [1.82, 2.24) is 5.32 Å². The van der Waals surface area contributed by atoms with Gasteiger partial charge in [-0.25, -0.2) is 4.39 Å². The Kier molecular flexibility index (Phi) is 5.83. The molecule has 1 amide bonds. The molecule has 0 aliphatic heterocycles. The number of ketones is 1. The van der Waals surface area contributed by atoms with Crippen LogP contribution in [0.4, 0.5) is 4.39 Å². The van der Waals surface area contributed by atoms with Crippen LogP contribution in [-0.2, 0) is 9.59 Å². The van der Waals surface area contributed by atoms with E-state index in [1.165, 1.54) is 26.2 Å². The highest BCUT2D eigenvalue weighted by Gasteiger charge is 2.16. The maximum atomic E-state index is 13.4. The number of hydrogen-bond donors (Lipinski definition) is 2. The van der Waals surface area contributed by atoms with E-state index in [9.17, 15) is 18.8 Å². The molecule has 1 rings (SSSR count). The first-order valence-electron chi connectivity index (χ1n) is 6.24. The lowest BCUT2D eigenvalue weighted by Crippen LogP contribution is -2.38. The summed E-state index contributed by atoms with van der Waals surface area (Å²) >= 11 is 0. The van der Waals surface area contributed by atoms with E-state index in [1.807, 2.05) is 0 Å². The van der Waals surface area contributed by atoms with Crippen LogP contribution >= 0.6 is 0 Å². The molecule has 114 valence electrons. The highest BCUT2D eigenvalue weighted by atomic mass is 19.1. The first-order chi connectivity index (χ1) is 9.85. The van der Waals surface area contributed by atoms with Crippen LogP contribution in [-0.4, -0.2) is 35.9 Å². The molecule has 21 heavy (non-hydrogen) atoms. The number of carboxylic acids is 1. The average Bonchev–Trinajstić information content (AvgIpc) is 2.44. The van der Waals surface area contributed by atoms with Gasteiger partial charge in [-0.15, -0.1) is 0 Å². The minimum Gasteiger partial charge on any atom is -0.494 e. The van der Waals surface area contributed by atoms with Crippen LogP contribution in [0.1, 0.15) is 30.1 Å². The Morgan fingerprint density at radius 3 is 2.52 bits per heavy atom. The standard InChI is InChI=1S/C14H16FNO5/c1-8(14(19)20)16-13(18)6-4-11(17)9-3-5-12(21-2)10(15)7-9/h3,5,7-8H,4,6H2,1-2H3,(H,16,18)(H,19,20)/t8-/m0/s1. The summed E-state index contributed by atoms with van der Waals surface area (Å²) in [4.78, 5) is 33.8. The highest BCUT2D eigenvalue weighted by molar-refractivity contribution is 5.98. The lowest BCUT2D eigenvalue weighted by atomic mass is 10.1. The van der Waals surface area contributed by atoms with Gasteiger partial charge in [0.2, 0.25) is 5.91 Å². The van der Waals surface area contributed by atoms with Gasteiger partial charge in [0.15, 0.2) is 17.3 Å². The zero-order chi connectivity index (χ0) is 16.0. The first-order valence-corrected chi connectivity index (χ1v) is 6.24. The maximum absolute atomic E-state index is 13.4. The predicted molar refractivity (Wildman–Crippen MR) is 71.8 cm³/mol. The second kappa shape index (κ2) is 7.37. The zero-order valence-electron chi connectivity index (χ0n) is 11.7. The maximum Gasteiger partial charge on any atom is 0.325 e. The van der Waals surface area contributed by atoms with E-state index in [1.54, 1.807) is 0 Å². The van der Waals surface area contributed by atoms with Gasteiger partial charge in [0.05, 0.1) is 7.11 Å². The Bertz CT molecular complexity index is 558. The lowest BCUT2D eigenvalue weighted by molar-refractivity contribution is -0.141. The van der Waals surface area contributed by atoms with Gasteiger partial charge < -0.3 is 15.2 Å². The number of carboxylic acid groups (broad SMARTS) is 1. The number of nitrogens with one attached hydrogen (secondary N) is 1. The Labute approximate surface area is 120 Å². The number of ether oxygens (including phenoxy) is 1. The number of carbonyl (C=O) groups is 3. The first kappa shape index (κ1) is 16.6. The van der Waals surface area contributed by atoms with Gasteiger partial charge in [0.1, 0.15) is 6.04 Å². The van der Waals surface area contributed by atoms with Crippen LogP contribution in [0.25, 0.3) is 0 Å². The summed E-state index contributed by atoms with van der Waals surface area (Å²) in [6, 6.07) is 2.75. The van der Waals surface area contributed by atoms with Gasteiger partial charge in [-0.3, -0.25) is 14.4 Å². The summed E-state index contributed by atoms with van der Waals surface area (Å²) in [7, 11) is 1.31. The molecule has 0 fully saturated rings. The molecule has 1 aromatic rings. The summed E-state index contributed by atoms with van der Waals surface area (Å²) in [6.45, 7) is 1.32. The van der Waals surface area contributed by atoms with E-state index in [4.69, 9.17) is 9.84 Å². The normalized spacial score (nSPS) is 11.6. The molecular weight excluding hydrogens is 281 g/mol. The molecule has 1 atom stereocenters. The monoisotopic (exact) mass is 297 g/mol. The molecule has 1 aromatic carbocycles. The van der Waals surface area contributed by atoms with Crippen molar-refractivity contribution in [3.63, 3.8) is 0 Å². The fourth-order valence-electron chi connectivity index (χ4n) is 1.59. The van der Waals surface area contributed by atoms with Gasteiger partial charge in [0, 0.05) is 18.4 Å². The largest absolute Gasteiger partial charge is 0.494 e. The van der Waals surface area contributed by atoms with Gasteiger partial charge >= 0.3 is 5.97 Å². The van der Waals surface area contributed by atoms with Crippen molar-refractivity contribution in [3.05, 3.63) is 29.6 Å². The van der Waals surface area contributed by atoms with E-state index in [2.05, 4.69) is 5.32 Å². The quantitative estimate of drug-likeness (QED) is 0.742. The molecule has 0 aliphatic carbocycles. The average molecular weight is 297 g/mol. The molecule has 0 saturated heterocycles. The van der Waals surface area contributed by atoms with Crippen molar-refractivity contribution in [2.24, 2.45) is 0 Å². The summed E-state index contributed by atoms with van der Waals surface area (Å²) in [6.07, 6.45) is -0.298. The number of hydrogen-bond acceptors (Lipinski definition) is 4. The van der Waals surface area contributed by atoms with Gasteiger partial charge in [-0.05, 0) is 25.1 Å². The van der Waals surface area contributed by atoms with Crippen molar-refractivity contribution in [3.8, 4) is 5.75 Å². The van der Waals surface area contributed by atoms with Crippen LogP contribution in [0.5, 0.6) is 5.75 Å². The lowest BCUT2D eigenvalue weighted by Gasteiger charge is -2.09. The van der Waals surface area contributed by atoms with E-state index < -0.39 is 29.5 Å². The molecule has 0 aromatic heterocycles. The smallest absolute Gasteiger partial charge is 0.325 e. The van der Waals surface area contributed by atoms with Gasteiger partial charge in [-0.1, -0.05) is 0 Å². The van der Waals surface area contributed by atoms with Crippen LogP contribution in [0.3, 0.4) is 0 Å². The number of halogens is 1. The summed E-state index contributed by atoms with van der Waals surface area (Å²) < 4.78 is 18.2. The molecule has 0 unspecified atom stereocenters. The molecule has 0 bridgehead atoms. The van der Waals surface area contributed by atoms with E-state index in [0.717, 1.165) is 6.07 Å². The zero-order valence-corrected chi connectivity index (χ0v) is 11.7. The van der Waals surface area contributed by atoms with E-state index in [0.29, 0.717) is 0 Å². The van der Waals surface area contributed by atoms with Crippen molar-refractivity contribution in [2.45, 2.75) is 25.8 Å². The van der Waals surface area contributed by atoms with Crippen LogP contribution in [0.2, 0.25) is 0 Å². The SMILES string of the molecule is COc1ccc(C(=O)CCC(=O)N[C@@H](C)C(=O)O)cc1F. The number of Topliss-reactive ketones (excluding diaryl/α,β-unsaturated/α-hetero) is 1. The summed E-state index contributed by atoms with van der Waals surface area (Å²) in [5, 5.41) is 10.9. The molecule has 0 saturated carbocycles. The molecule has 0 radical (unpaired) electrons. The van der Waals surface area contributed by atoms with Crippen molar-refractivity contribution >= 4 is 17.7 Å². The Morgan fingerprint density at radius 2 is 2.00 bits per heavy atom. The van der Waals surface area contributed by atoms with Gasteiger partial charge in [0.25, 0.3) is 0 Å². The molecule has 0 heterocycles. The number of carbonyl (C=O) groups excluding carboxylic acids is 2. The summed E-state index contributed by atoms with van der Waals surface area (Å²) in [5.41, 5.74) is 0.132. The molecule has 6 nitrogen and oxygen atoms in total. The third kappa shape index (κ3) is 4.87. The number of rotatable bonds is 7. The molecule has 0 spiro atoms. The Hall–Kier alpha value is -2.44. The minimum atomic E-state index is -1.16. The van der Waals surface area contributed by atoms with Crippen LogP contribution < -0.4 is 10.1 Å². The van der Waals surface area contributed by atoms with E-state index in [-0.39, 0.29) is 24.2 Å². The van der Waals surface area contributed by atoms with Gasteiger partial charge in [-0.2, -0.15) is 0 Å². The van der Waals surface area contributed by atoms with Crippen molar-refractivity contribution < 1.29 is 28.6 Å². The van der Waals surface area contributed by atoms with Crippen molar-refractivity contribution in [2.75, 3.05) is 7.11 Å². The molecule has 7 heteroatoms. The van der Waals surface area contributed by atoms with Crippen LogP contribution in [0.15, 0.2) is 18.2 Å². The fraction of sp³-hybridized carbons (Fsp3) is 0.357. The highest BCUT2D eigenvalue weighted by Crippen LogP contribution is 2.18. The Balaban J connectivity index is 2.56. The summed E-state index contributed by atoms with van der Waals surface area (Å²) in [5.74, 6) is -2.75. The predicted octanol–water partition coefficient (Wildman–Crippen LogP) is 1.39. The third-order valence-electron chi connectivity index (χ3n) is 2.80. The molecular formula is C14H16FNO5. The topological polar surface area (TPSA) is 92.7 Å². The minimum absolute atomic E-state index is 0.0274. The second-order valence-electron chi connectivity index (χ2n) is 4.40. The molecule has 2 N–H and O–H groups in total. The number of benzene rings is 1. The molecule has 0 aliphatic rings. The third-order valence-corrected chi connectivity index (χ3v) is 2.80. The van der Waals surface area contributed by atoms with Crippen LogP contribution in [0, 0.1) is 5.82 Å². The number of methoxy groups -OCH3 is 1. The number of amides is 1.